The topological polar surface area (TPSA) is 0 Å². The van der Waals surface area contributed by atoms with E-state index in [1.54, 1.807) is 33.4 Å². The van der Waals surface area contributed by atoms with E-state index in [4.69, 9.17) is 0 Å². The summed E-state index contributed by atoms with van der Waals surface area (Å²) in [6.07, 6.45) is 15.1. The van der Waals surface area contributed by atoms with E-state index in [0.717, 1.165) is 23.7 Å². The average Bonchev–Trinajstić information content (AvgIpc) is 3.41. The lowest BCUT2D eigenvalue weighted by atomic mass is 9.72. The first kappa shape index (κ1) is 18.0. The second-order valence-electron chi connectivity index (χ2n) is 10.3. The van der Waals surface area contributed by atoms with Gasteiger partial charge < -0.3 is 0 Å². The standard InChI is InChI=1S/C29H34/c1-2-19-14-24-18-23(26-9-5-7-21-6-3-4-8-25(21)26)12-13-27(24)29(16-19)28-17-20-10-11-22(28)15-20/h3-4,6,8,12-13,16,18-20,22,26,28H,2,5,7,9-11,14-15,17H2,1H3/t19?,20-,22+,26+,28?/m1/s1. The van der Waals surface area contributed by atoms with Crippen molar-refractivity contribution in [2.75, 3.05) is 0 Å². The van der Waals surface area contributed by atoms with Crippen molar-refractivity contribution >= 4 is 5.57 Å². The number of fused-ring (bicyclic) bond motifs is 4. The summed E-state index contributed by atoms with van der Waals surface area (Å²) in [5.41, 5.74) is 9.74. The molecule has 150 valence electrons. The highest BCUT2D eigenvalue weighted by Gasteiger charge is 2.42. The van der Waals surface area contributed by atoms with Gasteiger partial charge in [-0.15, -0.1) is 0 Å². The molecule has 2 aromatic carbocycles. The Balaban J connectivity index is 1.38. The number of hydrogen-bond acceptors (Lipinski definition) is 0. The van der Waals surface area contributed by atoms with Crippen molar-refractivity contribution in [3.05, 3.63) is 76.4 Å². The Morgan fingerprint density at radius 2 is 1.86 bits per heavy atom. The largest absolute Gasteiger partial charge is 0.0770 e. The second-order valence-corrected chi connectivity index (χ2v) is 10.3. The van der Waals surface area contributed by atoms with Gasteiger partial charge in [-0.3, -0.25) is 0 Å². The highest BCUT2D eigenvalue weighted by Crippen LogP contribution is 2.54. The van der Waals surface area contributed by atoms with E-state index in [1.165, 1.54) is 57.8 Å². The van der Waals surface area contributed by atoms with Crippen LogP contribution in [0.1, 0.15) is 85.6 Å². The SMILES string of the molecule is CCC1C=C(C2C[C@@H]3CC[C@H]2C3)c2ccc([C@@H]3CCCc4ccccc43)cc2C1. The van der Waals surface area contributed by atoms with Crippen molar-refractivity contribution in [2.45, 2.75) is 70.6 Å². The molecule has 0 aromatic heterocycles. The first-order chi connectivity index (χ1) is 14.3. The number of hydrogen-bond donors (Lipinski definition) is 0. The fourth-order valence-corrected chi connectivity index (χ4v) is 7.28. The zero-order valence-corrected chi connectivity index (χ0v) is 17.9. The molecule has 0 heteroatoms. The Morgan fingerprint density at radius 1 is 0.931 bits per heavy atom. The molecule has 2 saturated carbocycles. The van der Waals surface area contributed by atoms with E-state index in [0.29, 0.717) is 5.92 Å². The number of benzene rings is 2. The minimum Gasteiger partial charge on any atom is -0.0770 e. The van der Waals surface area contributed by atoms with Crippen molar-refractivity contribution in [1.29, 1.82) is 0 Å². The van der Waals surface area contributed by atoms with Gasteiger partial charge in [0, 0.05) is 5.92 Å². The van der Waals surface area contributed by atoms with Crippen molar-refractivity contribution in [3.63, 3.8) is 0 Å². The number of rotatable bonds is 3. The molecule has 6 rings (SSSR count). The molecule has 0 aliphatic heterocycles. The first-order valence-electron chi connectivity index (χ1n) is 12.2. The zero-order valence-electron chi connectivity index (χ0n) is 17.9. The van der Waals surface area contributed by atoms with E-state index in [2.05, 4.69) is 55.5 Å². The van der Waals surface area contributed by atoms with Crippen LogP contribution in [-0.4, -0.2) is 0 Å². The van der Waals surface area contributed by atoms with Gasteiger partial charge in [0.05, 0.1) is 0 Å². The van der Waals surface area contributed by atoms with Crippen molar-refractivity contribution in [1.82, 2.24) is 0 Å². The molecule has 4 aliphatic rings. The van der Waals surface area contributed by atoms with Crippen LogP contribution in [0.15, 0.2) is 48.5 Å². The summed E-state index contributed by atoms with van der Waals surface area (Å²) in [6.45, 7) is 2.38. The monoisotopic (exact) mass is 382 g/mol. The Morgan fingerprint density at radius 3 is 2.69 bits per heavy atom. The molecule has 2 unspecified atom stereocenters. The predicted octanol–water partition coefficient (Wildman–Crippen LogP) is 7.56. The third-order valence-corrected chi connectivity index (χ3v) is 8.77. The van der Waals surface area contributed by atoms with Gasteiger partial charge in [0.1, 0.15) is 0 Å². The molecule has 0 saturated heterocycles. The lowest BCUT2D eigenvalue weighted by Crippen LogP contribution is -2.19. The van der Waals surface area contributed by atoms with Crippen molar-refractivity contribution in [2.24, 2.45) is 23.7 Å². The van der Waals surface area contributed by atoms with E-state index in [9.17, 15) is 0 Å². The molecule has 0 radical (unpaired) electrons. The maximum atomic E-state index is 2.70. The van der Waals surface area contributed by atoms with Crippen molar-refractivity contribution < 1.29 is 0 Å². The average molecular weight is 383 g/mol. The van der Waals surface area contributed by atoms with E-state index >= 15 is 0 Å². The minimum absolute atomic E-state index is 0.599. The van der Waals surface area contributed by atoms with Crippen LogP contribution >= 0.6 is 0 Å². The molecule has 2 bridgehead atoms. The van der Waals surface area contributed by atoms with E-state index in [1.807, 2.05) is 0 Å². The van der Waals surface area contributed by atoms with Crippen LogP contribution in [-0.2, 0) is 12.8 Å². The first-order valence-corrected chi connectivity index (χ1v) is 12.2. The van der Waals surface area contributed by atoms with Crippen LogP contribution in [0.2, 0.25) is 0 Å². The Labute approximate surface area is 176 Å². The van der Waals surface area contributed by atoms with Gasteiger partial charge in [0.15, 0.2) is 0 Å². The molecule has 0 spiro atoms. The van der Waals surface area contributed by atoms with Crippen molar-refractivity contribution in [3.8, 4) is 0 Å². The highest BCUT2D eigenvalue weighted by atomic mass is 14.5. The maximum absolute atomic E-state index is 2.70. The van der Waals surface area contributed by atoms with Gasteiger partial charge in [-0.2, -0.15) is 0 Å². The van der Waals surface area contributed by atoms with Gasteiger partial charge in [0.25, 0.3) is 0 Å². The molecule has 5 atom stereocenters. The fraction of sp³-hybridized carbons (Fsp3) is 0.517. The molecule has 0 heterocycles. The van der Waals surface area contributed by atoms with Gasteiger partial charge in [0.2, 0.25) is 0 Å². The third kappa shape index (κ3) is 3.02. The van der Waals surface area contributed by atoms with Gasteiger partial charge >= 0.3 is 0 Å². The van der Waals surface area contributed by atoms with E-state index in [-0.39, 0.29) is 0 Å². The molecule has 0 amide bonds. The summed E-state index contributed by atoms with van der Waals surface area (Å²) in [7, 11) is 0. The summed E-state index contributed by atoms with van der Waals surface area (Å²) < 4.78 is 0. The molecule has 29 heavy (non-hydrogen) atoms. The van der Waals surface area contributed by atoms with E-state index < -0.39 is 0 Å². The molecule has 2 fully saturated rings. The smallest absolute Gasteiger partial charge is 0.00922 e. The van der Waals surface area contributed by atoms with Gasteiger partial charge in [-0.05, 0) is 108 Å². The Hall–Kier alpha value is -1.82. The highest BCUT2D eigenvalue weighted by molar-refractivity contribution is 5.73. The lowest BCUT2D eigenvalue weighted by Gasteiger charge is -2.33. The lowest BCUT2D eigenvalue weighted by molar-refractivity contribution is 0.401. The minimum atomic E-state index is 0.599. The summed E-state index contributed by atoms with van der Waals surface area (Å²) in [4.78, 5) is 0. The van der Waals surface area contributed by atoms with Gasteiger partial charge in [-0.25, -0.2) is 0 Å². The van der Waals surface area contributed by atoms with Crippen LogP contribution in [0, 0.1) is 23.7 Å². The number of aryl methyl sites for hydroxylation is 1. The van der Waals surface area contributed by atoms with Crippen LogP contribution in [0.5, 0.6) is 0 Å². The third-order valence-electron chi connectivity index (χ3n) is 8.77. The Bertz CT molecular complexity index is 948. The summed E-state index contributed by atoms with van der Waals surface area (Å²) in [5, 5.41) is 0. The normalized spacial score (nSPS) is 32.6. The van der Waals surface area contributed by atoms with Crippen LogP contribution in [0.4, 0.5) is 0 Å². The Kier molecular flexibility index (Phi) is 4.44. The number of allylic oxidation sites excluding steroid dienone is 2. The molecule has 2 aromatic rings. The fourth-order valence-electron chi connectivity index (χ4n) is 7.28. The summed E-state index contributed by atoms with van der Waals surface area (Å²) in [6, 6.07) is 16.8. The molecular formula is C29H34. The molecule has 0 N–H and O–H groups in total. The van der Waals surface area contributed by atoms with Gasteiger partial charge in [-0.1, -0.05) is 61.9 Å². The van der Waals surface area contributed by atoms with Crippen LogP contribution < -0.4 is 0 Å². The molecule has 0 nitrogen and oxygen atoms in total. The zero-order chi connectivity index (χ0) is 19.4. The quantitative estimate of drug-likeness (QED) is 0.514. The van der Waals surface area contributed by atoms with Crippen LogP contribution in [0.25, 0.3) is 5.57 Å². The summed E-state index contributed by atoms with van der Waals surface area (Å²) >= 11 is 0. The second kappa shape index (κ2) is 7.15. The van der Waals surface area contributed by atoms with Crippen LogP contribution in [0.3, 0.4) is 0 Å². The molecule has 4 aliphatic carbocycles. The maximum Gasteiger partial charge on any atom is 0.00922 e. The predicted molar refractivity (Wildman–Crippen MR) is 122 cm³/mol. The summed E-state index contributed by atoms with van der Waals surface area (Å²) in [5.74, 6) is 4.18. The molecular weight excluding hydrogens is 348 g/mol.